The van der Waals surface area contributed by atoms with Gasteiger partial charge in [-0.1, -0.05) is 19.3 Å². The van der Waals surface area contributed by atoms with Crippen LogP contribution in [0.15, 0.2) is 0 Å². The minimum absolute atomic E-state index is 0.197. The van der Waals surface area contributed by atoms with Gasteiger partial charge in [0.05, 0.1) is 0 Å². The van der Waals surface area contributed by atoms with Gasteiger partial charge in [0.25, 0.3) is 0 Å². The van der Waals surface area contributed by atoms with Gasteiger partial charge in [0.2, 0.25) is 0 Å². The van der Waals surface area contributed by atoms with Gasteiger partial charge in [0.15, 0.2) is 0 Å². The topological polar surface area (TPSA) is 38.0 Å². The maximum absolute atomic E-state index is 11.9. The van der Waals surface area contributed by atoms with E-state index in [0.717, 1.165) is 19.4 Å². The van der Waals surface area contributed by atoms with E-state index in [-0.39, 0.29) is 11.8 Å². The van der Waals surface area contributed by atoms with Crippen LogP contribution >= 0.6 is 0 Å². The molecule has 0 aromatic rings. The summed E-state index contributed by atoms with van der Waals surface area (Å²) in [6, 6.07) is 0. The lowest BCUT2D eigenvalue weighted by atomic mass is 9.74. The van der Waals surface area contributed by atoms with Gasteiger partial charge < -0.3 is 11.1 Å². The van der Waals surface area contributed by atoms with Crippen molar-refractivity contribution in [3.8, 4) is 0 Å². The fraction of sp³-hybridized carbons (Fsp3) is 1.00. The molecule has 0 aromatic carbocycles. The smallest absolute Gasteiger partial charge is 0.330 e. The standard InChI is InChI=1S/C13H25F3N2/c14-13(15,16)8-4-5-9-18-11-12(10-17)6-2-1-3-7-12/h18H,1-11,17H2. The van der Waals surface area contributed by atoms with Crippen LogP contribution in [0.2, 0.25) is 0 Å². The van der Waals surface area contributed by atoms with Crippen LogP contribution < -0.4 is 11.1 Å². The normalized spacial score (nSPS) is 20.0. The summed E-state index contributed by atoms with van der Waals surface area (Å²) in [5.74, 6) is 0. The van der Waals surface area contributed by atoms with Gasteiger partial charge >= 0.3 is 6.18 Å². The summed E-state index contributed by atoms with van der Waals surface area (Å²) in [5, 5.41) is 3.29. The summed E-state index contributed by atoms with van der Waals surface area (Å²) in [4.78, 5) is 0. The average molecular weight is 266 g/mol. The lowest BCUT2D eigenvalue weighted by molar-refractivity contribution is -0.135. The molecule has 1 aliphatic carbocycles. The minimum atomic E-state index is -4.01. The molecule has 0 heterocycles. The molecule has 0 aliphatic heterocycles. The molecule has 0 spiro atoms. The number of rotatable bonds is 7. The first-order chi connectivity index (χ1) is 8.47. The maximum atomic E-state index is 11.9. The van der Waals surface area contributed by atoms with E-state index in [4.69, 9.17) is 5.73 Å². The van der Waals surface area contributed by atoms with Gasteiger partial charge in [-0.15, -0.1) is 0 Å². The van der Waals surface area contributed by atoms with Crippen LogP contribution in [0, 0.1) is 5.41 Å². The van der Waals surface area contributed by atoms with Crippen molar-refractivity contribution in [1.82, 2.24) is 5.32 Å². The molecule has 2 nitrogen and oxygen atoms in total. The number of alkyl halides is 3. The maximum Gasteiger partial charge on any atom is 0.389 e. The first-order valence-corrected chi connectivity index (χ1v) is 6.95. The zero-order valence-corrected chi connectivity index (χ0v) is 11.0. The van der Waals surface area contributed by atoms with Crippen molar-refractivity contribution in [3.63, 3.8) is 0 Å². The Labute approximate surface area is 107 Å². The molecular weight excluding hydrogens is 241 g/mol. The number of hydrogen-bond acceptors (Lipinski definition) is 2. The van der Waals surface area contributed by atoms with Crippen LogP contribution in [0.3, 0.4) is 0 Å². The number of nitrogens with two attached hydrogens (primary N) is 1. The van der Waals surface area contributed by atoms with E-state index < -0.39 is 12.6 Å². The van der Waals surface area contributed by atoms with Crippen molar-refractivity contribution in [1.29, 1.82) is 0 Å². The molecule has 0 saturated heterocycles. The first kappa shape index (κ1) is 15.8. The summed E-state index contributed by atoms with van der Waals surface area (Å²) in [5.41, 5.74) is 6.04. The molecule has 0 amide bonds. The molecule has 0 bridgehead atoms. The Morgan fingerprint density at radius 3 is 2.28 bits per heavy atom. The highest BCUT2D eigenvalue weighted by Crippen LogP contribution is 2.34. The largest absolute Gasteiger partial charge is 0.389 e. The van der Waals surface area contributed by atoms with E-state index in [0.29, 0.717) is 19.5 Å². The molecule has 3 N–H and O–H groups in total. The summed E-state index contributed by atoms with van der Waals surface area (Å²) in [6.45, 7) is 2.20. The Bertz CT molecular complexity index is 223. The summed E-state index contributed by atoms with van der Waals surface area (Å²) in [6.07, 6.45) is 2.16. The minimum Gasteiger partial charge on any atom is -0.330 e. The zero-order chi connectivity index (χ0) is 13.5. The Morgan fingerprint density at radius 1 is 1.06 bits per heavy atom. The van der Waals surface area contributed by atoms with E-state index in [1.54, 1.807) is 0 Å². The number of hydrogen-bond donors (Lipinski definition) is 2. The molecule has 0 aromatic heterocycles. The zero-order valence-electron chi connectivity index (χ0n) is 11.0. The Kier molecular flexibility index (Phi) is 6.43. The van der Waals surface area contributed by atoms with Crippen LogP contribution in [-0.2, 0) is 0 Å². The highest BCUT2D eigenvalue weighted by molar-refractivity contribution is 4.85. The predicted octanol–water partition coefficient (Wildman–Crippen LogP) is 3.22. The molecule has 0 atom stereocenters. The fourth-order valence-corrected chi connectivity index (χ4v) is 2.68. The molecule has 1 saturated carbocycles. The van der Waals surface area contributed by atoms with Crippen LogP contribution in [0.5, 0.6) is 0 Å². The van der Waals surface area contributed by atoms with E-state index in [9.17, 15) is 13.2 Å². The highest BCUT2D eigenvalue weighted by Gasteiger charge is 2.30. The lowest BCUT2D eigenvalue weighted by Gasteiger charge is -2.36. The molecule has 1 rings (SSSR count). The van der Waals surface area contributed by atoms with Gasteiger partial charge in [-0.2, -0.15) is 13.2 Å². The second-order valence-corrected chi connectivity index (χ2v) is 5.51. The Morgan fingerprint density at radius 2 is 1.72 bits per heavy atom. The van der Waals surface area contributed by atoms with E-state index in [2.05, 4.69) is 5.32 Å². The molecule has 18 heavy (non-hydrogen) atoms. The van der Waals surface area contributed by atoms with Crippen LogP contribution in [-0.4, -0.2) is 25.8 Å². The van der Waals surface area contributed by atoms with Crippen LogP contribution in [0.25, 0.3) is 0 Å². The summed E-state index contributed by atoms with van der Waals surface area (Å²) >= 11 is 0. The predicted molar refractivity (Wildman–Crippen MR) is 67.3 cm³/mol. The van der Waals surface area contributed by atoms with Crippen molar-refractivity contribution >= 4 is 0 Å². The van der Waals surface area contributed by atoms with Gasteiger partial charge in [-0.3, -0.25) is 0 Å². The average Bonchev–Trinajstić information content (AvgIpc) is 2.33. The molecule has 0 unspecified atom stereocenters. The van der Waals surface area contributed by atoms with Crippen molar-refractivity contribution in [3.05, 3.63) is 0 Å². The molecule has 1 fully saturated rings. The Hall–Kier alpha value is -0.290. The second kappa shape index (κ2) is 7.34. The Balaban J connectivity index is 2.09. The van der Waals surface area contributed by atoms with E-state index in [1.807, 2.05) is 0 Å². The molecule has 5 heteroatoms. The van der Waals surface area contributed by atoms with Crippen LogP contribution in [0.4, 0.5) is 13.2 Å². The van der Waals surface area contributed by atoms with Crippen molar-refractivity contribution in [2.24, 2.45) is 11.1 Å². The number of unbranched alkanes of at least 4 members (excludes halogenated alkanes) is 1. The van der Waals surface area contributed by atoms with Gasteiger partial charge in [-0.05, 0) is 44.2 Å². The van der Waals surface area contributed by atoms with Crippen LogP contribution in [0.1, 0.15) is 51.4 Å². The highest BCUT2D eigenvalue weighted by atomic mass is 19.4. The third-order valence-corrected chi connectivity index (χ3v) is 3.91. The van der Waals surface area contributed by atoms with Gasteiger partial charge in [0, 0.05) is 13.0 Å². The first-order valence-electron chi connectivity index (χ1n) is 6.95. The van der Waals surface area contributed by atoms with Gasteiger partial charge in [0.1, 0.15) is 0 Å². The monoisotopic (exact) mass is 266 g/mol. The van der Waals surface area contributed by atoms with Crippen molar-refractivity contribution in [2.45, 2.75) is 57.5 Å². The van der Waals surface area contributed by atoms with Gasteiger partial charge in [-0.25, -0.2) is 0 Å². The molecule has 0 radical (unpaired) electrons. The molecule has 108 valence electrons. The fourth-order valence-electron chi connectivity index (χ4n) is 2.68. The third kappa shape index (κ3) is 6.05. The number of nitrogens with one attached hydrogen (secondary N) is 1. The second-order valence-electron chi connectivity index (χ2n) is 5.51. The molecule has 1 aliphatic rings. The third-order valence-electron chi connectivity index (χ3n) is 3.91. The van der Waals surface area contributed by atoms with E-state index >= 15 is 0 Å². The van der Waals surface area contributed by atoms with Crippen molar-refractivity contribution < 1.29 is 13.2 Å². The molecular formula is C13H25F3N2. The lowest BCUT2D eigenvalue weighted by Crippen LogP contribution is -2.42. The van der Waals surface area contributed by atoms with Crippen molar-refractivity contribution in [2.75, 3.05) is 19.6 Å². The van der Waals surface area contributed by atoms with E-state index in [1.165, 1.54) is 19.3 Å². The quantitative estimate of drug-likeness (QED) is 0.694. The number of halogens is 3. The SMILES string of the molecule is NCC1(CNCCCCC(F)(F)F)CCCCC1. The summed E-state index contributed by atoms with van der Waals surface area (Å²) in [7, 11) is 0. The summed E-state index contributed by atoms with van der Waals surface area (Å²) < 4.78 is 35.8.